The molecule has 7 aromatic carbocycles. The van der Waals surface area contributed by atoms with Crippen molar-refractivity contribution in [3.8, 4) is 27.9 Å². The van der Waals surface area contributed by atoms with Crippen molar-refractivity contribution in [3.63, 3.8) is 0 Å². The van der Waals surface area contributed by atoms with Crippen LogP contribution in [0.5, 0.6) is 0 Å². The Bertz CT molecular complexity index is 3180. The van der Waals surface area contributed by atoms with Crippen LogP contribution >= 0.6 is 11.3 Å². The fraction of sp³-hybridized carbons (Fsp3) is 0.0200. The first-order valence-electron chi connectivity index (χ1n) is 18.2. The highest BCUT2D eigenvalue weighted by molar-refractivity contribution is 7.26. The van der Waals surface area contributed by atoms with Crippen molar-refractivity contribution in [3.05, 3.63) is 203 Å². The van der Waals surface area contributed by atoms with Gasteiger partial charge < -0.3 is 0 Å². The van der Waals surface area contributed by atoms with Crippen molar-refractivity contribution >= 4 is 65.6 Å². The third-order valence-electron chi connectivity index (χ3n) is 11.7. The lowest BCUT2D eigenvalue weighted by Crippen LogP contribution is -2.30. The SMILES string of the molecule is C1=Cc2ccc(-c3cnc4c(c3)c3ccccc3n4-c3ccccc3)cc2C2(c3ccccc31)c1ccccc1-c1c2ccc2sc3ccccc3c12. The van der Waals surface area contributed by atoms with Crippen molar-refractivity contribution in [1.29, 1.82) is 0 Å². The van der Waals surface area contributed by atoms with Gasteiger partial charge in [0.15, 0.2) is 0 Å². The molecule has 0 radical (unpaired) electrons. The topological polar surface area (TPSA) is 17.8 Å². The predicted octanol–water partition coefficient (Wildman–Crippen LogP) is 13.1. The number of nitrogens with zero attached hydrogens (tertiary/aromatic N) is 2. The van der Waals surface area contributed by atoms with Crippen molar-refractivity contribution in [2.24, 2.45) is 0 Å². The average Bonchev–Trinajstić information content (AvgIpc) is 3.83. The van der Waals surface area contributed by atoms with Crippen LogP contribution in [-0.4, -0.2) is 9.55 Å². The average molecular weight is 691 g/mol. The summed E-state index contributed by atoms with van der Waals surface area (Å²) in [4.78, 5) is 5.21. The smallest absolute Gasteiger partial charge is 0.145 e. The highest BCUT2D eigenvalue weighted by Gasteiger charge is 2.49. The summed E-state index contributed by atoms with van der Waals surface area (Å²) in [5, 5.41) is 5.05. The van der Waals surface area contributed by atoms with Gasteiger partial charge in [-0.1, -0.05) is 133 Å². The molecule has 3 aromatic heterocycles. The Labute approximate surface area is 310 Å². The first kappa shape index (κ1) is 29.1. The molecule has 0 N–H and O–H groups in total. The van der Waals surface area contributed by atoms with Crippen LogP contribution < -0.4 is 0 Å². The molecule has 1 spiro atoms. The normalized spacial score (nSPS) is 15.5. The molecule has 10 aromatic rings. The van der Waals surface area contributed by atoms with E-state index in [0.29, 0.717) is 0 Å². The Hall–Kier alpha value is -6.55. The zero-order chi connectivity index (χ0) is 34.7. The number of aromatic nitrogens is 2. The number of pyridine rings is 1. The quantitative estimate of drug-likeness (QED) is 0.177. The molecular weight excluding hydrogens is 661 g/mol. The standard InChI is InChI=1S/C50H30N2S/c1-2-13-35(14-3-1)52-44-20-10-6-15-36(44)39-28-34(30-51-49(39)52)33-25-24-32-23-22-31-12-4-8-18-40(31)50(43(32)29-33)41-19-9-5-16-37(41)47-42(50)26-27-46-48(47)38-17-7-11-21-45(38)53-46/h1-30H. The van der Waals surface area contributed by atoms with E-state index in [1.807, 2.05) is 11.3 Å². The molecule has 0 aliphatic heterocycles. The molecule has 2 aliphatic carbocycles. The summed E-state index contributed by atoms with van der Waals surface area (Å²) in [5.74, 6) is 0. The van der Waals surface area contributed by atoms with Crippen molar-refractivity contribution in [2.75, 3.05) is 0 Å². The molecule has 3 heteroatoms. The Kier molecular flexibility index (Phi) is 5.89. The maximum Gasteiger partial charge on any atom is 0.145 e. The molecule has 3 heterocycles. The van der Waals surface area contributed by atoms with E-state index in [9.17, 15) is 0 Å². The van der Waals surface area contributed by atoms with E-state index in [-0.39, 0.29) is 0 Å². The number of rotatable bonds is 2. The van der Waals surface area contributed by atoms with Crippen LogP contribution in [0.2, 0.25) is 0 Å². The van der Waals surface area contributed by atoms with Gasteiger partial charge in [0.1, 0.15) is 5.65 Å². The summed E-state index contributed by atoms with van der Waals surface area (Å²) in [7, 11) is 0. The van der Waals surface area contributed by atoms with Crippen molar-refractivity contribution in [2.45, 2.75) is 5.41 Å². The van der Waals surface area contributed by atoms with Gasteiger partial charge in [-0.05, 0) is 92.5 Å². The van der Waals surface area contributed by atoms with Gasteiger partial charge in [-0.2, -0.15) is 0 Å². The lowest BCUT2D eigenvalue weighted by atomic mass is 9.65. The third-order valence-corrected chi connectivity index (χ3v) is 12.8. The minimum Gasteiger partial charge on any atom is -0.294 e. The molecule has 1 atom stereocenters. The molecule has 0 saturated carbocycles. The number of hydrogen-bond acceptors (Lipinski definition) is 2. The van der Waals surface area contributed by atoms with Crippen LogP contribution in [0.1, 0.15) is 33.4 Å². The van der Waals surface area contributed by atoms with Gasteiger partial charge in [-0.25, -0.2) is 4.98 Å². The van der Waals surface area contributed by atoms with Crippen LogP contribution in [0.25, 0.3) is 82.2 Å². The maximum atomic E-state index is 5.21. The Balaban J connectivity index is 1.16. The molecule has 246 valence electrons. The van der Waals surface area contributed by atoms with Gasteiger partial charge in [0.05, 0.1) is 10.9 Å². The van der Waals surface area contributed by atoms with Crippen LogP contribution in [0.3, 0.4) is 0 Å². The molecule has 53 heavy (non-hydrogen) atoms. The second kappa shape index (κ2) is 10.7. The van der Waals surface area contributed by atoms with Crippen molar-refractivity contribution < 1.29 is 0 Å². The summed E-state index contributed by atoms with van der Waals surface area (Å²) in [6.45, 7) is 0. The molecule has 1 unspecified atom stereocenters. The fourth-order valence-corrected chi connectivity index (χ4v) is 10.6. The van der Waals surface area contributed by atoms with Gasteiger partial charge in [0.25, 0.3) is 0 Å². The van der Waals surface area contributed by atoms with E-state index in [1.54, 1.807) is 0 Å². The van der Waals surface area contributed by atoms with E-state index < -0.39 is 5.41 Å². The maximum absolute atomic E-state index is 5.21. The van der Waals surface area contributed by atoms with E-state index in [1.165, 1.54) is 70.1 Å². The van der Waals surface area contributed by atoms with Crippen LogP contribution in [0.15, 0.2) is 170 Å². The number of fused-ring (bicyclic) bond motifs is 16. The summed E-state index contributed by atoms with van der Waals surface area (Å²) < 4.78 is 4.94. The van der Waals surface area contributed by atoms with Gasteiger partial charge >= 0.3 is 0 Å². The Morgan fingerprint density at radius 3 is 2.13 bits per heavy atom. The third kappa shape index (κ3) is 3.84. The highest BCUT2D eigenvalue weighted by atomic mass is 32.1. The molecule has 2 nitrogen and oxygen atoms in total. The Morgan fingerprint density at radius 2 is 1.23 bits per heavy atom. The first-order chi connectivity index (χ1) is 26.3. The second-order valence-electron chi connectivity index (χ2n) is 14.3. The summed E-state index contributed by atoms with van der Waals surface area (Å²) >= 11 is 1.89. The second-order valence-corrected chi connectivity index (χ2v) is 15.3. The zero-order valence-electron chi connectivity index (χ0n) is 28.6. The van der Waals surface area contributed by atoms with Crippen molar-refractivity contribution in [1.82, 2.24) is 9.55 Å². The fourth-order valence-electron chi connectivity index (χ4n) is 9.52. The van der Waals surface area contributed by atoms with Gasteiger partial charge in [-0.15, -0.1) is 11.3 Å². The lowest BCUT2D eigenvalue weighted by molar-refractivity contribution is 0.767. The van der Waals surface area contributed by atoms with E-state index in [0.717, 1.165) is 33.4 Å². The van der Waals surface area contributed by atoms with Gasteiger partial charge in [0, 0.05) is 48.4 Å². The number of para-hydroxylation sites is 2. The monoisotopic (exact) mass is 690 g/mol. The van der Waals surface area contributed by atoms with Gasteiger partial charge in [-0.3, -0.25) is 4.57 Å². The van der Waals surface area contributed by atoms with E-state index in [4.69, 9.17) is 4.98 Å². The molecular formula is C50H30N2S. The summed E-state index contributed by atoms with van der Waals surface area (Å²) in [6, 6.07) is 60.5. The number of thiophene rings is 1. The van der Waals surface area contributed by atoms with Crippen LogP contribution in [0, 0.1) is 0 Å². The number of hydrogen-bond donors (Lipinski definition) is 0. The molecule has 0 fully saturated rings. The largest absolute Gasteiger partial charge is 0.294 e. The minimum absolute atomic E-state index is 0.518. The molecule has 2 aliphatic rings. The minimum atomic E-state index is -0.518. The molecule has 12 rings (SSSR count). The zero-order valence-corrected chi connectivity index (χ0v) is 29.4. The number of benzene rings is 7. The molecule has 0 amide bonds. The predicted molar refractivity (Wildman–Crippen MR) is 223 cm³/mol. The van der Waals surface area contributed by atoms with E-state index >= 15 is 0 Å². The Morgan fingerprint density at radius 1 is 0.491 bits per heavy atom. The lowest BCUT2D eigenvalue weighted by Gasteiger charge is -2.35. The summed E-state index contributed by atoms with van der Waals surface area (Å²) in [5.41, 5.74) is 15.5. The molecule has 0 saturated heterocycles. The van der Waals surface area contributed by atoms with Gasteiger partial charge in [0.2, 0.25) is 0 Å². The van der Waals surface area contributed by atoms with Crippen LogP contribution in [0.4, 0.5) is 0 Å². The first-order valence-corrected chi connectivity index (χ1v) is 19.0. The molecule has 0 bridgehead atoms. The van der Waals surface area contributed by atoms with E-state index in [2.05, 4.69) is 187 Å². The summed E-state index contributed by atoms with van der Waals surface area (Å²) in [6.07, 6.45) is 6.70. The highest BCUT2D eigenvalue weighted by Crippen LogP contribution is 2.61. The van der Waals surface area contributed by atoms with Crippen LogP contribution in [-0.2, 0) is 5.41 Å².